The van der Waals surface area contributed by atoms with Crippen molar-refractivity contribution in [2.45, 2.75) is 18.9 Å². The van der Waals surface area contributed by atoms with Gasteiger partial charge < -0.3 is 15.7 Å². The van der Waals surface area contributed by atoms with E-state index in [0.29, 0.717) is 31.1 Å². The zero-order chi connectivity index (χ0) is 13.0. The highest BCUT2D eigenvalue weighted by molar-refractivity contribution is 5.85. The SMILES string of the molecule is Cl.NCC1CCN(C(=O)C(O)c2ccccc2)CC1. The summed E-state index contributed by atoms with van der Waals surface area (Å²) >= 11 is 0. The minimum Gasteiger partial charge on any atom is -0.378 e. The van der Waals surface area contributed by atoms with Gasteiger partial charge in [0.05, 0.1) is 0 Å². The number of carbonyl (C=O) groups excluding carboxylic acids is 1. The van der Waals surface area contributed by atoms with Gasteiger partial charge in [-0.1, -0.05) is 30.3 Å². The molecule has 1 aromatic rings. The van der Waals surface area contributed by atoms with Gasteiger partial charge in [0.15, 0.2) is 6.10 Å². The minimum atomic E-state index is -1.04. The standard InChI is InChI=1S/C14H20N2O2.ClH/c15-10-11-6-8-16(9-7-11)14(18)13(17)12-4-2-1-3-5-12;/h1-5,11,13,17H,6-10,15H2;1H. The third-order valence-corrected chi connectivity index (χ3v) is 3.61. The molecule has 1 amide bonds. The minimum absolute atomic E-state index is 0. The van der Waals surface area contributed by atoms with Crippen molar-refractivity contribution in [2.75, 3.05) is 19.6 Å². The predicted molar refractivity (Wildman–Crippen MR) is 77.0 cm³/mol. The quantitative estimate of drug-likeness (QED) is 0.880. The van der Waals surface area contributed by atoms with Crippen molar-refractivity contribution >= 4 is 18.3 Å². The van der Waals surface area contributed by atoms with Crippen LogP contribution in [0.4, 0.5) is 0 Å². The second kappa shape index (κ2) is 7.48. The number of aliphatic hydroxyl groups is 1. The predicted octanol–water partition coefficient (Wildman–Crippen LogP) is 1.34. The zero-order valence-corrected chi connectivity index (χ0v) is 11.7. The van der Waals surface area contributed by atoms with Gasteiger partial charge in [0, 0.05) is 13.1 Å². The van der Waals surface area contributed by atoms with Crippen LogP contribution < -0.4 is 5.73 Å². The van der Waals surface area contributed by atoms with Crippen LogP contribution in [0.3, 0.4) is 0 Å². The first kappa shape index (κ1) is 16.0. The molecule has 106 valence electrons. The topological polar surface area (TPSA) is 66.6 Å². The third kappa shape index (κ3) is 3.93. The number of aliphatic hydroxyl groups excluding tert-OH is 1. The van der Waals surface area contributed by atoms with E-state index in [1.807, 2.05) is 18.2 Å². The highest BCUT2D eigenvalue weighted by Crippen LogP contribution is 2.21. The Morgan fingerprint density at radius 3 is 2.42 bits per heavy atom. The molecule has 1 unspecified atom stereocenters. The molecule has 19 heavy (non-hydrogen) atoms. The van der Waals surface area contributed by atoms with Crippen LogP contribution in [0.1, 0.15) is 24.5 Å². The zero-order valence-electron chi connectivity index (χ0n) is 10.9. The second-order valence-corrected chi connectivity index (χ2v) is 4.82. The van der Waals surface area contributed by atoms with E-state index in [-0.39, 0.29) is 18.3 Å². The summed E-state index contributed by atoms with van der Waals surface area (Å²) in [6, 6.07) is 9.07. The normalized spacial score (nSPS) is 17.7. The average Bonchev–Trinajstić information content (AvgIpc) is 2.47. The molecule has 1 aliphatic rings. The summed E-state index contributed by atoms with van der Waals surface area (Å²) < 4.78 is 0. The number of likely N-dealkylation sites (tertiary alicyclic amines) is 1. The van der Waals surface area contributed by atoms with E-state index < -0.39 is 6.10 Å². The Morgan fingerprint density at radius 1 is 1.32 bits per heavy atom. The lowest BCUT2D eigenvalue weighted by Crippen LogP contribution is -2.42. The molecule has 0 radical (unpaired) electrons. The maximum absolute atomic E-state index is 12.1. The van der Waals surface area contributed by atoms with Gasteiger partial charge >= 0.3 is 0 Å². The first-order valence-corrected chi connectivity index (χ1v) is 6.44. The van der Waals surface area contributed by atoms with Crippen molar-refractivity contribution < 1.29 is 9.90 Å². The van der Waals surface area contributed by atoms with Crippen molar-refractivity contribution in [3.05, 3.63) is 35.9 Å². The highest BCUT2D eigenvalue weighted by Gasteiger charge is 2.27. The van der Waals surface area contributed by atoms with Gasteiger partial charge in [-0.05, 0) is 30.9 Å². The summed E-state index contributed by atoms with van der Waals surface area (Å²) in [7, 11) is 0. The van der Waals surface area contributed by atoms with Crippen LogP contribution in [0.2, 0.25) is 0 Å². The number of piperidine rings is 1. The number of hydrogen-bond donors (Lipinski definition) is 2. The highest BCUT2D eigenvalue weighted by atomic mass is 35.5. The summed E-state index contributed by atoms with van der Waals surface area (Å²) in [5, 5.41) is 10.0. The van der Waals surface area contributed by atoms with Crippen molar-refractivity contribution in [3.8, 4) is 0 Å². The van der Waals surface area contributed by atoms with Crippen molar-refractivity contribution in [1.29, 1.82) is 0 Å². The number of amides is 1. The third-order valence-electron chi connectivity index (χ3n) is 3.61. The Bertz CT molecular complexity index is 392. The average molecular weight is 285 g/mol. The van der Waals surface area contributed by atoms with Crippen LogP contribution in [0, 0.1) is 5.92 Å². The fourth-order valence-corrected chi connectivity index (χ4v) is 2.34. The molecule has 0 aromatic heterocycles. The molecule has 1 saturated heterocycles. The smallest absolute Gasteiger partial charge is 0.256 e. The Morgan fingerprint density at radius 2 is 1.89 bits per heavy atom. The van der Waals surface area contributed by atoms with Gasteiger partial charge in [0.1, 0.15) is 0 Å². The molecular formula is C14H21ClN2O2. The number of nitrogens with zero attached hydrogens (tertiary/aromatic N) is 1. The number of halogens is 1. The van der Waals surface area contributed by atoms with Gasteiger partial charge in [0.25, 0.3) is 5.91 Å². The first-order valence-electron chi connectivity index (χ1n) is 6.44. The second-order valence-electron chi connectivity index (χ2n) is 4.82. The van der Waals surface area contributed by atoms with Crippen LogP contribution in [0.25, 0.3) is 0 Å². The van der Waals surface area contributed by atoms with E-state index in [1.54, 1.807) is 17.0 Å². The molecule has 4 nitrogen and oxygen atoms in total. The molecule has 1 aliphatic heterocycles. The lowest BCUT2D eigenvalue weighted by Gasteiger charge is -2.32. The molecule has 3 N–H and O–H groups in total. The van der Waals surface area contributed by atoms with Gasteiger partial charge in [-0.15, -0.1) is 12.4 Å². The summed E-state index contributed by atoms with van der Waals surface area (Å²) in [4.78, 5) is 13.9. The maximum Gasteiger partial charge on any atom is 0.256 e. The fourth-order valence-electron chi connectivity index (χ4n) is 2.34. The van der Waals surface area contributed by atoms with E-state index in [1.165, 1.54) is 0 Å². The number of nitrogens with two attached hydrogens (primary N) is 1. The Labute approximate surface area is 120 Å². The molecule has 2 rings (SSSR count). The Kier molecular flexibility index (Phi) is 6.28. The van der Waals surface area contributed by atoms with Gasteiger partial charge in [-0.2, -0.15) is 0 Å². The summed E-state index contributed by atoms with van der Waals surface area (Å²) in [5.74, 6) is 0.319. The Balaban J connectivity index is 0.00000180. The number of carbonyl (C=O) groups is 1. The largest absolute Gasteiger partial charge is 0.378 e. The number of rotatable bonds is 3. The lowest BCUT2D eigenvalue weighted by molar-refractivity contribution is -0.141. The maximum atomic E-state index is 12.1. The van der Waals surface area contributed by atoms with Gasteiger partial charge in [-0.25, -0.2) is 0 Å². The van der Waals surface area contributed by atoms with Crippen molar-refractivity contribution in [3.63, 3.8) is 0 Å². The van der Waals surface area contributed by atoms with Gasteiger partial charge in [-0.3, -0.25) is 4.79 Å². The van der Waals surface area contributed by atoms with Crippen LogP contribution in [-0.2, 0) is 4.79 Å². The molecule has 0 saturated carbocycles. The summed E-state index contributed by atoms with van der Waals surface area (Å²) in [5.41, 5.74) is 6.28. The fraction of sp³-hybridized carbons (Fsp3) is 0.500. The Hall–Kier alpha value is -1.10. The summed E-state index contributed by atoms with van der Waals surface area (Å²) in [6.07, 6.45) is 0.827. The molecule has 1 heterocycles. The molecular weight excluding hydrogens is 264 g/mol. The van der Waals surface area contributed by atoms with E-state index in [9.17, 15) is 9.90 Å². The van der Waals surface area contributed by atoms with Crippen LogP contribution in [0.5, 0.6) is 0 Å². The van der Waals surface area contributed by atoms with E-state index in [2.05, 4.69) is 0 Å². The monoisotopic (exact) mass is 284 g/mol. The van der Waals surface area contributed by atoms with Gasteiger partial charge in [0.2, 0.25) is 0 Å². The van der Waals surface area contributed by atoms with E-state index in [4.69, 9.17) is 5.73 Å². The van der Waals surface area contributed by atoms with E-state index in [0.717, 1.165) is 12.8 Å². The molecule has 0 spiro atoms. The molecule has 5 heteroatoms. The van der Waals surface area contributed by atoms with E-state index >= 15 is 0 Å². The van der Waals surface area contributed by atoms with Crippen molar-refractivity contribution in [1.82, 2.24) is 4.90 Å². The first-order chi connectivity index (χ1) is 8.72. The number of hydrogen-bond acceptors (Lipinski definition) is 3. The molecule has 0 aliphatic carbocycles. The molecule has 1 fully saturated rings. The molecule has 1 aromatic carbocycles. The van der Waals surface area contributed by atoms with Crippen molar-refractivity contribution in [2.24, 2.45) is 11.7 Å². The molecule has 0 bridgehead atoms. The lowest BCUT2D eigenvalue weighted by atomic mass is 9.96. The van der Waals surface area contributed by atoms with Crippen LogP contribution >= 0.6 is 12.4 Å². The van der Waals surface area contributed by atoms with Crippen LogP contribution in [-0.4, -0.2) is 35.5 Å². The molecule has 1 atom stereocenters. The number of benzene rings is 1. The summed E-state index contributed by atoms with van der Waals surface area (Å²) in [6.45, 7) is 2.08. The van der Waals surface area contributed by atoms with Crippen LogP contribution in [0.15, 0.2) is 30.3 Å².